The van der Waals surface area contributed by atoms with Crippen molar-refractivity contribution in [1.29, 1.82) is 0 Å². The monoisotopic (exact) mass is 843 g/mol. The molecule has 0 bridgehead atoms. The Hall–Kier alpha value is -2.31. The van der Waals surface area contributed by atoms with Gasteiger partial charge in [-0.1, -0.05) is 104 Å². The molecule has 12 nitrogen and oxygen atoms in total. The van der Waals surface area contributed by atoms with E-state index in [1.165, 1.54) is 64.2 Å². The number of unbranched alkanes of at least 4 members (excludes halogenated alkanes) is 20. The summed E-state index contributed by atoms with van der Waals surface area (Å²) in [6.07, 6.45) is 25.0. The highest BCUT2D eigenvalue weighted by Gasteiger charge is 2.46. The number of aliphatic hydroxyl groups excluding tert-OH is 3. The standard InChI is InChI=1S/C45H78O12S/c1-3-5-7-9-11-13-15-17-19-21-23-25-27-29-31-33-40(46)54-35-38(36-55-45-44(50)43(49)42(48)39(57-45)37-58(51,52)53)56-41(47)34-32-30-28-26-24-22-20-18-16-14-12-10-8-6-4-2/h15-16,19-20,38-39,42-45,48-50H,3-14,21-37H2,1-2H3,(H,51,52,53)/t17?,18?,38-,39+,42+,43?,44?,45-/m1/s1. The van der Waals surface area contributed by atoms with Crippen LogP contribution in [0.1, 0.15) is 181 Å². The first-order chi connectivity index (χ1) is 28.0. The minimum absolute atomic E-state index is 0.139. The van der Waals surface area contributed by atoms with Gasteiger partial charge in [-0.2, -0.15) is 8.42 Å². The predicted octanol–water partition coefficient (Wildman–Crippen LogP) is 8.76. The summed E-state index contributed by atoms with van der Waals surface area (Å²) < 4.78 is 54.0. The molecule has 58 heavy (non-hydrogen) atoms. The molecule has 1 aliphatic rings. The fourth-order valence-corrected chi connectivity index (χ4v) is 7.20. The summed E-state index contributed by atoms with van der Waals surface area (Å²) >= 11 is 0. The molecule has 2 unspecified atom stereocenters. The van der Waals surface area contributed by atoms with E-state index in [0.29, 0.717) is 12.8 Å². The quantitative estimate of drug-likeness (QED) is 0.0204. The highest BCUT2D eigenvalue weighted by molar-refractivity contribution is 7.85. The average molecular weight is 843 g/mol. The molecule has 0 spiro atoms. The van der Waals surface area contributed by atoms with Gasteiger partial charge in [0.1, 0.15) is 36.8 Å². The van der Waals surface area contributed by atoms with E-state index in [0.717, 1.165) is 77.0 Å². The van der Waals surface area contributed by atoms with Gasteiger partial charge >= 0.3 is 11.9 Å². The summed E-state index contributed by atoms with van der Waals surface area (Å²) in [4.78, 5) is 25.4. The fourth-order valence-electron chi connectivity index (χ4n) is 6.51. The number of rotatable bonds is 36. The van der Waals surface area contributed by atoms with Crippen molar-refractivity contribution in [3.05, 3.63) is 35.8 Å². The molecular weight excluding hydrogens is 765 g/mol. The SMILES string of the molecule is CCCCCCCC=C=CCCCCCCCC(=O)OC[C@H](CO[C@@H]1O[C@@H](CS(=O)(=O)O)[C@H](O)C(O)C1O)OC(=O)CCCCCCCC=C=CCCCCCCC. The van der Waals surface area contributed by atoms with Gasteiger partial charge < -0.3 is 34.3 Å². The molecule has 13 heteroatoms. The zero-order chi connectivity index (χ0) is 42.7. The summed E-state index contributed by atoms with van der Waals surface area (Å²) in [7, 11) is -4.61. The highest BCUT2D eigenvalue weighted by atomic mass is 32.2. The average Bonchev–Trinajstić information content (AvgIpc) is 3.18. The molecule has 0 saturated carbocycles. The van der Waals surface area contributed by atoms with Crippen LogP contribution in [0, 0.1) is 0 Å². The van der Waals surface area contributed by atoms with E-state index in [1.54, 1.807) is 0 Å². The van der Waals surface area contributed by atoms with Gasteiger partial charge in [-0.05, 0) is 88.5 Å². The summed E-state index contributed by atoms with van der Waals surface area (Å²) in [5.74, 6) is -2.03. The number of esters is 2. The van der Waals surface area contributed by atoms with Crippen molar-refractivity contribution in [2.45, 2.75) is 218 Å². The third kappa shape index (κ3) is 29.8. The van der Waals surface area contributed by atoms with Crippen molar-refractivity contribution in [3.8, 4) is 0 Å². The largest absolute Gasteiger partial charge is 0.462 e. The number of allylic oxidation sites excluding steroid dienone is 2. The van der Waals surface area contributed by atoms with Gasteiger partial charge in [-0.15, -0.1) is 11.5 Å². The van der Waals surface area contributed by atoms with Crippen LogP contribution in [0.25, 0.3) is 0 Å². The molecule has 1 heterocycles. The van der Waals surface area contributed by atoms with E-state index in [-0.39, 0.29) is 19.4 Å². The van der Waals surface area contributed by atoms with Gasteiger partial charge in [0.05, 0.1) is 6.61 Å². The molecule has 4 N–H and O–H groups in total. The lowest BCUT2D eigenvalue weighted by Crippen LogP contribution is -2.60. The molecule has 336 valence electrons. The van der Waals surface area contributed by atoms with E-state index >= 15 is 0 Å². The summed E-state index contributed by atoms with van der Waals surface area (Å²) in [6, 6.07) is 0. The minimum Gasteiger partial charge on any atom is -0.462 e. The molecular formula is C45H78O12S. The Morgan fingerprint density at radius 3 is 1.50 bits per heavy atom. The smallest absolute Gasteiger partial charge is 0.306 e. The normalized spacial score (nSPS) is 19.7. The van der Waals surface area contributed by atoms with E-state index in [2.05, 4.69) is 49.6 Å². The molecule has 0 radical (unpaired) electrons. The Labute approximate surface area is 350 Å². The van der Waals surface area contributed by atoms with Crippen molar-refractivity contribution in [3.63, 3.8) is 0 Å². The summed E-state index contributed by atoms with van der Waals surface area (Å²) in [5, 5.41) is 30.8. The number of hydrogen-bond donors (Lipinski definition) is 4. The van der Waals surface area contributed by atoms with Gasteiger partial charge in [-0.25, -0.2) is 0 Å². The van der Waals surface area contributed by atoms with Crippen LogP contribution in [0.4, 0.5) is 0 Å². The van der Waals surface area contributed by atoms with E-state index in [1.807, 2.05) is 0 Å². The third-order valence-corrected chi connectivity index (χ3v) is 10.8. The van der Waals surface area contributed by atoms with Gasteiger partial charge in [0.25, 0.3) is 10.1 Å². The Morgan fingerprint density at radius 1 is 0.603 bits per heavy atom. The lowest BCUT2D eigenvalue weighted by molar-refractivity contribution is -0.297. The Balaban J connectivity index is 2.50. The molecule has 0 aromatic heterocycles. The second kappa shape index (κ2) is 35.4. The first-order valence-corrected chi connectivity index (χ1v) is 24.0. The maximum absolute atomic E-state index is 12.8. The lowest BCUT2D eigenvalue weighted by atomic mass is 10.00. The van der Waals surface area contributed by atoms with Crippen LogP contribution in [0.15, 0.2) is 35.8 Å². The molecule has 0 aromatic carbocycles. The van der Waals surface area contributed by atoms with Crippen LogP contribution < -0.4 is 0 Å². The number of hydrogen-bond acceptors (Lipinski definition) is 11. The predicted molar refractivity (Wildman–Crippen MR) is 227 cm³/mol. The first-order valence-electron chi connectivity index (χ1n) is 22.4. The molecule has 0 aromatic rings. The number of ether oxygens (including phenoxy) is 4. The zero-order valence-corrected chi connectivity index (χ0v) is 36.6. The minimum atomic E-state index is -4.61. The van der Waals surface area contributed by atoms with E-state index in [4.69, 9.17) is 18.9 Å². The Bertz CT molecular complexity index is 1290. The second-order valence-corrected chi connectivity index (χ2v) is 17.1. The van der Waals surface area contributed by atoms with Crippen LogP contribution in [0.2, 0.25) is 0 Å². The van der Waals surface area contributed by atoms with Crippen molar-refractivity contribution >= 4 is 22.1 Å². The molecule has 6 atom stereocenters. The van der Waals surface area contributed by atoms with Gasteiger partial charge in [0, 0.05) is 12.8 Å². The van der Waals surface area contributed by atoms with Crippen LogP contribution in [0.5, 0.6) is 0 Å². The third-order valence-electron chi connectivity index (χ3n) is 10.1. The van der Waals surface area contributed by atoms with E-state index in [9.17, 15) is 37.9 Å². The highest BCUT2D eigenvalue weighted by Crippen LogP contribution is 2.24. The molecule has 0 amide bonds. The maximum atomic E-state index is 12.8. The van der Waals surface area contributed by atoms with Crippen molar-refractivity contribution in [2.24, 2.45) is 0 Å². The number of carbonyl (C=O) groups is 2. The lowest BCUT2D eigenvalue weighted by Gasteiger charge is -2.40. The first kappa shape index (κ1) is 53.7. The topological polar surface area (TPSA) is 186 Å². The van der Waals surface area contributed by atoms with Crippen molar-refractivity contribution in [2.75, 3.05) is 19.0 Å². The van der Waals surface area contributed by atoms with Gasteiger partial charge in [0.15, 0.2) is 12.4 Å². The van der Waals surface area contributed by atoms with E-state index < -0.39 is 71.2 Å². The number of aliphatic hydroxyl groups is 3. The molecule has 1 rings (SSSR count). The maximum Gasteiger partial charge on any atom is 0.306 e. The van der Waals surface area contributed by atoms with Crippen LogP contribution in [-0.4, -0.2) is 96.0 Å². The van der Waals surface area contributed by atoms with Gasteiger partial charge in [-0.3, -0.25) is 14.1 Å². The van der Waals surface area contributed by atoms with Crippen LogP contribution in [-0.2, 0) is 38.7 Å². The molecule has 0 aliphatic carbocycles. The summed E-state index contributed by atoms with van der Waals surface area (Å²) in [5.41, 5.74) is 6.55. The second-order valence-electron chi connectivity index (χ2n) is 15.6. The fraction of sp³-hybridized carbons (Fsp3) is 0.822. The molecule has 1 fully saturated rings. The van der Waals surface area contributed by atoms with Gasteiger partial charge in [0.2, 0.25) is 0 Å². The molecule has 1 saturated heterocycles. The molecule has 1 aliphatic heterocycles. The Morgan fingerprint density at radius 2 is 1.03 bits per heavy atom. The van der Waals surface area contributed by atoms with Crippen molar-refractivity contribution < 1.29 is 56.8 Å². The van der Waals surface area contributed by atoms with Crippen molar-refractivity contribution in [1.82, 2.24) is 0 Å². The Kier molecular flexibility index (Phi) is 32.8. The summed E-state index contributed by atoms with van der Waals surface area (Å²) in [6.45, 7) is 3.69. The van der Waals surface area contributed by atoms with Crippen LogP contribution >= 0.6 is 0 Å². The number of carbonyl (C=O) groups excluding carboxylic acids is 2. The van der Waals surface area contributed by atoms with Crippen LogP contribution in [0.3, 0.4) is 0 Å². The zero-order valence-electron chi connectivity index (χ0n) is 35.7.